The van der Waals surface area contributed by atoms with Crippen LogP contribution in [0.15, 0.2) is 194 Å². The standard InChI is InChI=1S/C59H45N4O.Pd/c1-40-29-31-49-51-32-30-46(38-56(51)63(53-26-12-11-23-50(53)52(49)35-40)57-36-43(33-34-60-57)59(2,3)4)64-45-22-15-21-44(37-45)61-39-62(55-28-14-13-27-54(55)61)58-47(41-17-7-5-8-18-41)24-16-25-48(58)42-19-9-6-10-20-42;/h5-36,39H,1-4H3;/q-3;/i5D,6D,7D,8D,9D,10D,17D,18D,19D,20D;. The van der Waals surface area contributed by atoms with Gasteiger partial charge in [0.15, 0.2) is 0 Å². The summed E-state index contributed by atoms with van der Waals surface area (Å²) in [5.74, 6) is 1.52. The number of hydrogen-bond donors (Lipinski definition) is 0. The van der Waals surface area contributed by atoms with Crippen molar-refractivity contribution in [1.82, 2.24) is 4.98 Å². The van der Waals surface area contributed by atoms with Crippen LogP contribution in [0.4, 0.5) is 39.9 Å². The van der Waals surface area contributed by atoms with Gasteiger partial charge in [0, 0.05) is 71.9 Å². The maximum absolute atomic E-state index is 9.05. The fourth-order valence-electron chi connectivity index (χ4n) is 8.51. The molecule has 0 amide bonds. The molecule has 0 spiro atoms. The Kier molecular flexibility index (Phi) is 8.29. The number of rotatable bonds is 7. The fourth-order valence-corrected chi connectivity index (χ4v) is 8.51. The summed E-state index contributed by atoms with van der Waals surface area (Å²) in [6.45, 7) is 10.4. The Morgan fingerprint density at radius 1 is 0.569 bits per heavy atom. The molecule has 11 rings (SSSR count). The first-order valence-corrected chi connectivity index (χ1v) is 21.0. The van der Waals surface area contributed by atoms with E-state index in [2.05, 4.69) is 81.1 Å². The Labute approximate surface area is 410 Å². The second kappa shape index (κ2) is 17.0. The SMILES string of the molecule is [2H]c1c([2H])c([2H])c(-c2cccc(-c3c([2H])c([2H])c([2H])c([2H])c3[2H])c2N2[CH-]N(c3[c-]c(Oc4[c-]c5c(cc4)-c4ccc(C)cc4-c4ccccc4N5c4cc(C(C)(C)C)ccn4)ccc3)c3ccccc32)c([2H])c1[2H].[Pd]. The van der Waals surface area contributed by atoms with Gasteiger partial charge in [0.25, 0.3) is 0 Å². The number of ether oxygens (including phenoxy) is 1. The molecular formula is C59H45N4OPd-3. The largest absolute Gasteiger partial charge is 0.509 e. The molecule has 2 aliphatic heterocycles. The van der Waals surface area contributed by atoms with Crippen LogP contribution in [-0.4, -0.2) is 4.98 Å². The molecule has 9 aromatic rings. The Balaban J connectivity index is 0.00000641. The zero-order valence-electron chi connectivity index (χ0n) is 45.8. The summed E-state index contributed by atoms with van der Waals surface area (Å²) >= 11 is 0. The molecule has 8 aromatic carbocycles. The van der Waals surface area contributed by atoms with Gasteiger partial charge < -0.3 is 19.4 Å². The minimum absolute atomic E-state index is 0. The number of para-hydroxylation sites is 4. The van der Waals surface area contributed by atoms with E-state index in [4.69, 9.17) is 23.4 Å². The van der Waals surface area contributed by atoms with E-state index in [-0.39, 0.29) is 53.8 Å². The van der Waals surface area contributed by atoms with Crippen molar-refractivity contribution in [2.75, 3.05) is 14.7 Å². The summed E-state index contributed by atoms with van der Waals surface area (Å²) in [5.41, 5.74) is 10.0. The van der Waals surface area contributed by atoms with E-state index in [1.807, 2.05) is 77.8 Å². The molecule has 0 saturated heterocycles. The normalized spacial score (nSPS) is 14.8. The average molecular weight is 943 g/mol. The molecule has 2 aliphatic rings. The molecule has 0 atom stereocenters. The van der Waals surface area contributed by atoms with E-state index >= 15 is 0 Å². The van der Waals surface area contributed by atoms with Crippen LogP contribution in [0.5, 0.6) is 11.5 Å². The molecule has 6 heteroatoms. The Bertz CT molecular complexity index is 3660. The topological polar surface area (TPSA) is 31.8 Å². The van der Waals surface area contributed by atoms with Gasteiger partial charge in [-0.2, -0.15) is 12.1 Å². The Morgan fingerprint density at radius 2 is 1.18 bits per heavy atom. The van der Waals surface area contributed by atoms with Crippen molar-refractivity contribution in [3.63, 3.8) is 0 Å². The monoisotopic (exact) mass is 941 g/mol. The summed E-state index contributed by atoms with van der Waals surface area (Å²) in [4.78, 5) is 10.7. The molecule has 0 fully saturated rings. The van der Waals surface area contributed by atoms with Crippen LogP contribution in [-0.2, 0) is 25.8 Å². The van der Waals surface area contributed by atoms with Crippen molar-refractivity contribution in [3.8, 4) is 56.0 Å². The molecule has 65 heavy (non-hydrogen) atoms. The second-order valence-corrected chi connectivity index (χ2v) is 16.7. The zero-order valence-corrected chi connectivity index (χ0v) is 37.3. The van der Waals surface area contributed by atoms with Crippen molar-refractivity contribution < 1.29 is 38.9 Å². The Morgan fingerprint density at radius 3 is 1.89 bits per heavy atom. The van der Waals surface area contributed by atoms with Gasteiger partial charge in [0.1, 0.15) is 5.82 Å². The van der Waals surface area contributed by atoms with Crippen LogP contribution in [0, 0.1) is 25.7 Å². The zero-order chi connectivity index (χ0) is 52.1. The third-order valence-corrected chi connectivity index (χ3v) is 11.5. The van der Waals surface area contributed by atoms with Gasteiger partial charge in [-0.3, -0.25) is 0 Å². The number of nitrogens with zero attached hydrogens (tertiary/aromatic N) is 4. The van der Waals surface area contributed by atoms with E-state index < -0.39 is 60.4 Å². The molecular weight excluding hydrogens is 887 g/mol. The van der Waals surface area contributed by atoms with Crippen LogP contribution in [0.2, 0.25) is 0 Å². The van der Waals surface area contributed by atoms with E-state index in [1.165, 1.54) is 0 Å². The third kappa shape index (κ3) is 7.70. The summed E-state index contributed by atoms with van der Waals surface area (Å²) in [5, 5.41) is 0. The van der Waals surface area contributed by atoms with E-state index in [1.54, 1.807) is 35.8 Å². The molecule has 0 saturated carbocycles. The predicted molar refractivity (Wildman–Crippen MR) is 263 cm³/mol. The number of anilines is 7. The van der Waals surface area contributed by atoms with Gasteiger partial charge in [0.05, 0.1) is 19.4 Å². The molecule has 3 heterocycles. The Hall–Kier alpha value is -7.23. The number of aromatic nitrogens is 1. The van der Waals surface area contributed by atoms with E-state index in [0.717, 1.165) is 50.6 Å². The minimum Gasteiger partial charge on any atom is -0.509 e. The van der Waals surface area contributed by atoms with Crippen LogP contribution in [0.3, 0.4) is 0 Å². The molecule has 0 N–H and O–H groups in total. The molecule has 1 aromatic heterocycles. The van der Waals surface area contributed by atoms with Crippen molar-refractivity contribution in [1.29, 1.82) is 0 Å². The molecule has 5 nitrogen and oxygen atoms in total. The van der Waals surface area contributed by atoms with Crippen molar-refractivity contribution >= 4 is 39.9 Å². The van der Waals surface area contributed by atoms with Crippen molar-refractivity contribution in [2.45, 2.75) is 33.1 Å². The quantitative estimate of drug-likeness (QED) is 0.117. The number of benzene rings is 8. The van der Waals surface area contributed by atoms with Gasteiger partial charge in [0.2, 0.25) is 0 Å². The molecule has 0 aliphatic carbocycles. The minimum atomic E-state index is -0.566. The summed E-state index contributed by atoms with van der Waals surface area (Å²) in [6, 6.07) is 42.6. The molecule has 0 bridgehead atoms. The van der Waals surface area contributed by atoms with Crippen LogP contribution in [0.1, 0.15) is 45.6 Å². The average Bonchev–Trinajstić information content (AvgIpc) is 3.74. The molecule has 0 radical (unpaired) electrons. The molecule has 0 unspecified atom stereocenters. The van der Waals surface area contributed by atoms with Crippen molar-refractivity contribution in [2.24, 2.45) is 0 Å². The third-order valence-electron chi connectivity index (χ3n) is 11.5. The maximum Gasteiger partial charge on any atom is 0.135 e. The van der Waals surface area contributed by atoms with E-state index in [0.29, 0.717) is 28.6 Å². The van der Waals surface area contributed by atoms with Crippen LogP contribution >= 0.6 is 0 Å². The second-order valence-electron chi connectivity index (χ2n) is 16.7. The van der Waals surface area contributed by atoms with Gasteiger partial charge >= 0.3 is 0 Å². The number of hydrogen-bond acceptors (Lipinski definition) is 5. The summed E-state index contributed by atoms with van der Waals surface area (Å²) in [6.07, 6.45) is 1.85. The first-order chi connectivity index (χ1) is 35.4. The van der Waals surface area contributed by atoms with Gasteiger partial charge in [-0.25, -0.2) is 4.98 Å². The summed E-state index contributed by atoms with van der Waals surface area (Å²) < 4.78 is 94.0. The fraction of sp³-hybridized carbons (Fsp3) is 0.0847. The maximum atomic E-state index is 9.05. The van der Waals surface area contributed by atoms with Crippen LogP contribution < -0.4 is 19.4 Å². The molecule has 320 valence electrons. The van der Waals surface area contributed by atoms with Gasteiger partial charge in [-0.1, -0.05) is 165 Å². The smallest absolute Gasteiger partial charge is 0.135 e. The van der Waals surface area contributed by atoms with Gasteiger partial charge in [-0.05, 0) is 64.9 Å². The van der Waals surface area contributed by atoms with E-state index in [9.17, 15) is 0 Å². The van der Waals surface area contributed by atoms with Crippen LogP contribution in [0.25, 0.3) is 44.5 Å². The summed E-state index contributed by atoms with van der Waals surface area (Å²) in [7, 11) is 0. The number of fused-ring (bicyclic) bond motifs is 6. The first-order valence-electron chi connectivity index (χ1n) is 26.0. The number of pyridine rings is 1. The van der Waals surface area contributed by atoms with Gasteiger partial charge in [-0.15, -0.1) is 48.3 Å². The first kappa shape index (κ1) is 31.6. The predicted octanol–water partition coefficient (Wildman–Crippen LogP) is 15.9. The number of aryl methyl sites for hydroxylation is 1. The van der Waals surface area contributed by atoms with Crippen molar-refractivity contribution in [3.05, 3.63) is 224 Å².